The Morgan fingerprint density at radius 1 is 1.00 bits per heavy atom. The summed E-state index contributed by atoms with van der Waals surface area (Å²) in [6.45, 7) is 3.32. The van der Waals surface area contributed by atoms with Crippen LogP contribution in [0.5, 0.6) is 0 Å². The van der Waals surface area contributed by atoms with Crippen molar-refractivity contribution in [3.05, 3.63) is 65.2 Å². The Labute approximate surface area is 146 Å². The van der Waals surface area contributed by atoms with Crippen molar-refractivity contribution in [1.82, 2.24) is 4.90 Å². The number of hydrogen-bond acceptors (Lipinski definition) is 2. The first-order chi connectivity index (χ1) is 12.1. The summed E-state index contributed by atoms with van der Waals surface area (Å²) in [6, 6.07) is 10.4. The number of likely N-dealkylation sites (tertiary alicyclic amines) is 1. The van der Waals surface area contributed by atoms with E-state index in [0.29, 0.717) is 5.69 Å². The SMILES string of the molecule is O=C(Nc1cccc(CCN2CCCCC2)c1)c1cc(F)cc(F)c1. The molecule has 1 saturated heterocycles. The summed E-state index contributed by atoms with van der Waals surface area (Å²) in [5, 5.41) is 2.71. The summed E-state index contributed by atoms with van der Waals surface area (Å²) in [5.74, 6) is -2.05. The van der Waals surface area contributed by atoms with Crippen LogP contribution in [0.3, 0.4) is 0 Å². The molecule has 1 amide bonds. The van der Waals surface area contributed by atoms with Crippen molar-refractivity contribution in [2.45, 2.75) is 25.7 Å². The third-order valence-corrected chi connectivity index (χ3v) is 4.47. The highest BCUT2D eigenvalue weighted by Crippen LogP contribution is 2.16. The average Bonchev–Trinajstić information content (AvgIpc) is 2.60. The molecule has 5 heteroatoms. The monoisotopic (exact) mass is 344 g/mol. The zero-order valence-electron chi connectivity index (χ0n) is 14.1. The van der Waals surface area contributed by atoms with Crippen molar-refractivity contribution in [1.29, 1.82) is 0 Å². The summed E-state index contributed by atoms with van der Waals surface area (Å²) >= 11 is 0. The Morgan fingerprint density at radius 3 is 2.44 bits per heavy atom. The van der Waals surface area contributed by atoms with Crippen LogP contribution in [0.15, 0.2) is 42.5 Å². The van der Waals surface area contributed by atoms with E-state index in [4.69, 9.17) is 0 Å². The van der Waals surface area contributed by atoms with Gasteiger partial charge >= 0.3 is 0 Å². The van der Waals surface area contributed by atoms with E-state index in [2.05, 4.69) is 10.2 Å². The fourth-order valence-corrected chi connectivity index (χ4v) is 3.16. The summed E-state index contributed by atoms with van der Waals surface area (Å²) in [6.07, 6.45) is 4.76. The molecule has 132 valence electrons. The first kappa shape index (κ1) is 17.5. The standard InChI is InChI=1S/C20H22F2N2O/c21-17-12-16(13-18(22)14-17)20(25)23-19-6-4-5-15(11-19)7-10-24-8-2-1-3-9-24/h4-6,11-14H,1-3,7-10H2,(H,23,25). The number of nitrogens with zero attached hydrogens (tertiary/aromatic N) is 1. The van der Waals surface area contributed by atoms with Gasteiger partial charge in [-0.2, -0.15) is 0 Å². The number of piperidine rings is 1. The van der Waals surface area contributed by atoms with E-state index in [0.717, 1.165) is 49.8 Å². The number of anilines is 1. The van der Waals surface area contributed by atoms with E-state index in [1.807, 2.05) is 18.2 Å². The van der Waals surface area contributed by atoms with Crippen LogP contribution in [0.1, 0.15) is 35.2 Å². The Bertz CT molecular complexity index is 722. The maximum atomic E-state index is 13.2. The third kappa shape index (κ3) is 5.10. The van der Waals surface area contributed by atoms with Gasteiger partial charge in [-0.1, -0.05) is 18.6 Å². The van der Waals surface area contributed by atoms with Crippen LogP contribution in [0, 0.1) is 11.6 Å². The Kier molecular flexibility index (Phi) is 5.76. The molecule has 2 aromatic rings. The fourth-order valence-electron chi connectivity index (χ4n) is 3.16. The number of benzene rings is 2. The van der Waals surface area contributed by atoms with Gasteiger partial charge in [0, 0.05) is 23.9 Å². The molecule has 0 bridgehead atoms. The molecule has 0 atom stereocenters. The minimum atomic E-state index is -0.763. The van der Waals surface area contributed by atoms with E-state index in [1.54, 1.807) is 6.07 Å². The Morgan fingerprint density at radius 2 is 1.72 bits per heavy atom. The lowest BCUT2D eigenvalue weighted by molar-refractivity contribution is 0.102. The van der Waals surface area contributed by atoms with E-state index in [1.165, 1.54) is 19.3 Å². The maximum Gasteiger partial charge on any atom is 0.255 e. The van der Waals surface area contributed by atoms with Gasteiger partial charge in [0.05, 0.1) is 0 Å². The number of amides is 1. The highest BCUT2D eigenvalue weighted by Gasteiger charge is 2.11. The quantitative estimate of drug-likeness (QED) is 0.880. The first-order valence-corrected chi connectivity index (χ1v) is 8.69. The fraction of sp³-hybridized carbons (Fsp3) is 0.350. The molecule has 0 radical (unpaired) electrons. The maximum absolute atomic E-state index is 13.2. The van der Waals surface area contributed by atoms with Gasteiger partial charge < -0.3 is 10.2 Å². The highest BCUT2D eigenvalue weighted by molar-refractivity contribution is 6.04. The lowest BCUT2D eigenvalue weighted by atomic mass is 10.1. The molecule has 0 unspecified atom stereocenters. The molecule has 0 saturated carbocycles. The van der Waals surface area contributed by atoms with Crippen LogP contribution in [0.25, 0.3) is 0 Å². The van der Waals surface area contributed by atoms with Crippen molar-refractivity contribution in [2.75, 3.05) is 25.0 Å². The van der Waals surface area contributed by atoms with Gasteiger partial charge in [0.1, 0.15) is 11.6 Å². The predicted molar refractivity (Wildman–Crippen MR) is 94.7 cm³/mol. The second-order valence-electron chi connectivity index (χ2n) is 6.46. The molecule has 0 aliphatic carbocycles. The van der Waals surface area contributed by atoms with E-state index < -0.39 is 17.5 Å². The van der Waals surface area contributed by atoms with Crippen LogP contribution < -0.4 is 5.32 Å². The smallest absolute Gasteiger partial charge is 0.255 e. The molecule has 0 aromatic heterocycles. The van der Waals surface area contributed by atoms with Crippen molar-refractivity contribution in [3.63, 3.8) is 0 Å². The largest absolute Gasteiger partial charge is 0.322 e. The Balaban J connectivity index is 1.61. The summed E-state index contributed by atoms with van der Waals surface area (Å²) < 4.78 is 26.5. The molecular weight excluding hydrogens is 322 g/mol. The topological polar surface area (TPSA) is 32.3 Å². The molecule has 3 nitrogen and oxygen atoms in total. The molecule has 3 rings (SSSR count). The highest BCUT2D eigenvalue weighted by atomic mass is 19.1. The molecule has 0 spiro atoms. The van der Waals surface area contributed by atoms with Gasteiger partial charge in [0.15, 0.2) is 0 Å². The summed E-state index contributed by atoms with van der Waals surface area (Å²) in [7, 11) is 0. The summed E-state index contributed by atoms with van der Waals surface area (Å²) in [4.78, 5) is 14.6. The third-order valence-electron chi connectivity index (χ3n) is 4.47. The number of nitrogens with one attached hydrogen (secondary N) is 1. The number of carbonyl (C=O) groups is 1. The first-order valence-electron chi connectivity index (χ1n) is 8.69. The molecule has 2 aromatic carbocycles. The predicted octanol–water partition coefficient (Wildman–Crippen LogP) is 4.25. The van der Waals surface area contributed by atoms with Crippen molar-refractivity contribution >= 4 is 11.6 Å². The van der Waals surface area contributed by atoms with Crippen LogP contribution in [0.4, 0.5) is 14.5 Å². The van der Waals surface area contributed by atoms with E-state index >= 15 is 0 Å². The number of rotatable bonds is 5. The van der Waals surface area contributed by atoms with Crippen molar-refractivity contribution < 1.29 is 13.6 Å². The van der Waals surface area contributed by atoms with E-state index in [9.17, 15) is 13.6 Å². The minimum absolute atomic E-state index is 0.0313. The number of hydrogen-bond donors (Lipinski definition) is 1. The van der Waals surface area contributed by atoms with Crippen molar-refractivity contribution in [3.8, 4) is 0 Å². The van der Waals surface area contributed by atoms with Crippen molar-refractivity contribution in [2.24, 2.45) is 0 Å². The minimum Gasteiger partial charge on any atom is -0.322 e. The molecule has 1 heterocycles. The Hall–Kier alpha value is -2.27. The molecular formula is C20H22F2N2O. The molecule has 1 N–H and O–H groups in total. The normalized spacial score (nSPS) is 15.1. The lowest BCUT2D eigenvalue weighted by Crippen LogP contribution is -2.31. The zero-order chi connectivity index (χ0) is 17.6. The average molecular weight is 344 g/mol. The number of carbonyl (C=O) groups excluding carboxylic acids is 1. The summed E-state index contributed by atoms with van der Waals surface area (Å²) in [5.41, 5.74) is 1.73. The van der Waals surface area contributed by atoms with Crippen LogP contribution in [-0.2, 0) is 6.42 Å². The van der Waals surface area contributed by atoms with Gasteiger partial charge in [-0.3, -0.25) is 4.79 Å². The van der Waals surface area contributed by atoms with Gasteiger partial charge in [-0.15, -0.1) is 0 Å². The second kappa shape index (κ2) is 8.21. The second-order valence-corrected chi connectivity index (χ2v) is 6.46. The lowest BCUT2D eigenvalue weighted by Gasteiger charge is -2.26. The van der Waals surface area contributed by atoms with E-state index in [-0.39, 0.29) is 5.56 Å². The van der Waals surface area contributed by atoms with Crippen LogP contribution in [-0.4, -0.2) is 30.4 Å². The molecule has 25 heavy (non-hydrogen) atoms. The van der Waals surface area contributed by atoms with Crippen LogP contribution >= 0.6 is 0 Å². The van der Waals surface area contributed by atoms with Gasteiger partial charge in [0.2, 0.25) is 0 Å². The van der Waals surface area contributed by atoms with Crippen LogP contribution in [0.2, 0.25) is 0 Å². The molecule has 1 aliphatic heterocycles. The van der Waals surface area contributed by atoms with Gasteiger partial charge in [-0.05, 0) is 62.2 Å². The number of halogens is 2. The molecule has 1 fully saturated rings. The van der Waals surface area contributed by atoms with Gasteiger partial charge in [-0.25, -0.2) is 8.78 Å². The molecule has 1 aliphatic rings. The zero-order valence-corrected chi connectivity index (χ0v) is 14.1. The van der Waals surface area contributed by atoms with Gasteiger partial charge in [0.25, 0.3) is 5.91 Å².